The predicted molar refractivity (Wildman–Crippen MR) is 95.6 cm³/mol. The first-order chi connectivity index (χ1) is 13.0. The van der Waals surface area contributed by atoms with Gasteiger partial charge in [-0.1, -0.05) is 37.3 Å². The van der Waals surface area contributed by atoms with Crippen molar-refractivity contribution in [1.82, 2.24) is 10.2 Å². The fourth-order valence-electron chi connectivity index (χ4n) is 3.44. The average molecular weight is 366 g/mol. The van der Waals surface area contributed by atoms with E-state index in [4.69, 9.17) is 9.47 Å². The quantitative estimate of drug-likeness (QED) is 0.649. The number of rotatable bonds is 5. The Hall–Kier alpha value is -3.35. The zero-order valence-corrected chi connectivity index (χ0v) is 14.7. The van der Waals surface area contributed by atoms with Gasteiger partial charge in [-0.25, -0.2) is 4.79 Å². The van der Waals surface area contributed by atoms with E-state index >= 15 is 0 Å². The van der Waals surface area contributed by atoms with Crippen LogP contribution in [0.5, 0.6) is 11.5 Å². The van der Waals surface area contributed by atoms with Gasteiger partial charge in [-0.05, 0) is 30.2 Å². The van der Waals surface area contributed by atoms with E-state index in [0.29, 0.717) is 29.0 Å². The molecule has 138 valence electrons. The third-order valence-electron chi connectivity index (χ3n) is 4.97. The summed E-state index contributed by atoms with van der Waals surface area (Å²) in [5.74, 6) is 0.271. The molecule has 4 rings (SSSR count). The second-order valence-corrected chi connectivity index (χ2v) is 6.44. The molecule has 7 nitrogen and oxygen atoms in total. The van der Waals surface area contributed by atoms with Crippen LogP contribution in [-0.4, -0.2) is 36.0 Å². The van der Waals surface area contributed by atoms with Crippen molar-refractivity contribution in [3.8, 4) is 11.5 Å². The normalized spacial score (nSPS) is 20.7. The van der Waals surface area contributed by atoms with Crippen LogP contribution in [0.15, 0.2) is 48.5 Å². The molecule has 1 atom stereocenters. The number of Topliss-reactive ketones (excluding diaryl/α,β-unsaturated/α-hetero) is 1. The van der Waals surface area contributed by atoms with E-state index in [-0.39, 0.29) is 19.1 Å². The van der Waals surface area contributed by atoms with Gasteiger partial charge < -0.3 is 14.8 Å². The van der Waals surface area contributed by atoms with E-state index < -0.39 is 17.5 Å². The van der Waals surface area contributed by atoms with Gasteiger partial charge in [0.15, 0.2) is 17.3 Å². The van der Waals surface area contributed by atoms with Gasteiger partial charge in [-0.15, -0.1) is 0 Å². The smallest absolute Gasteiger partial charge is 0.325 e. The third kappa shape index (κ3) is 2.71. The second kappa shape index (κ2) is 6.42. The Labute approximate surface area is 155 Å². The number of amides is 3. The van der Waals surface area contributed by atoms with E-state index in [1.807, 2.05) is 25.1 Å². The van der Waals surface area contributed by atoms with Gasteiger partial charge in [0, 0.05) is 5.56 Å². The lowest BCUT2D eigenvalue weighted by molar-refractivity contribution is -0.131. The van der Waals surface area contributed by atoms with Crippen LogP contribution < -0.4 is 14.8 Å². The maximum atomic E-state index is 13.1. The maximum absolute atomic E-state index is 13.1. The highest BCUT2D eigenvalue weighted by atomic mass is 16.7. The number of imide groups is 1. The summed E-state index contributed by atoms with van der Waals surface area (Å²) < 4.78 is 10.5. The van der Waals surface area contributed by atoms with Crippen LogP contribution in [0.1, 0.15) is 29.3 Å². The zero-order valence-electron chi connectivity index (χ0n) is 14.7. The standard InChI is InChI=1S/C20H18N2O5/c1-2-20(14-6-4-3-5-7-14)18(24)22(19(25)21-20)11-15(23)13-8-9-16-17(10-13)27-12-26-16/h3-10H,2,11-12H2,1H3,(H,21,25). The molecule has 1 unspecified atom stereocenters. The number of carbonyl (C=O) groups excluding carboxylic acids is 3. The number of benzene rings is 2. The molecule has 27 heavy (non-hydrogen) atoms. The summed E-state index contributed by atoms with van der Waals surface area (Å²) >= 11 is 0. The minimum absolute atomic E-state index is 0.107. The van der Waals surface area contributed by atoms with Gasteiger partial charge in [0.05, 0.1) is 6.54 Å². The molecule has 0 radical (unpaired) electrons. The van der Waals surface area contributed by atoms with Crippen molar-refractivity contribution in [2.45, 2.75) is 18.9 Å². The Morgan fingerprint density at radius 1 is 1.11 bits per heavy atom. The van der Waals surface area contributed by atoms with Gasteiger partial charge in [0.25, 0.3) is 5.91 Å². The molecule has 0 aromatic heterocycles. The number of ether oxygens (including phenoxy) is 2. The zero-order chi connectivity index (χ0) is 19.0. The lowest BCUT2D eigenvalue weighted by Crippen LogP contribution is -2.43. The first-order valence-electron chi connectivity index (χ1n) is 8.67. The van der Waals surface area contributed by atoms with Gasteiger partial charge >= 0.3 is 6.03 Å². The molecule has 1 fully saturated rings. The van der Waals surface area contributed by atoms with E-state index in [1.54, 1.807) is 30.3 Å². The molecular formula is C20H18N2O5. The third-order valence-corrected chi connectivity index (χ3v) is 4.97. The molecule has 2 aromatic rings. The summed E-state index contributed by atoms with van der Waals surface area (Å²) in [5.41, 5.74) is -0.0921. The van der Waals surface area contributed by atoms with E-state index in [1.165, 1.54) is 0 Å². The Morgan fingerprint density at radius 2 is 1.85 bits per heavy atom. The Balaban J connectivity index is 1.58. The Bertz CT molecular complexity index is 927. The summed E-state index contributed by atoms with van der Waals surface area (Å²) in [6.07, 6.45) is 0.385. The molecule has 2 heterocycles. The summed E-state index contributed by atoms with van der Waals surface area (Å²) in [6, 6.07) is 13.3. The average Bonchev–Trinajstić information content (AvgIpc) is 3.26. The van der Waals surface area contributed by atoms with Crippen LogP contribution in [0.3, 0.4) is 0 Å². The van der Waals surface area contributed by atoms with Crippen molar-refractivity contribution >= 4 is 17.7 Å². The van der Waals surface area contributed by atoms with Crippen LogP contribution >= 0.6 is 0 Å². The number of hydrogen-bond donors (Lipinski definition) is 1. The molecule has 1 N–H and O–H groups in total. The fourth-order valence-corrected chi connectivity index (χ4v) is 3.44. The number of nitrogens with zero attached hydrogens (tertiary/aromatic N) is 1. The van der Waals surface area contributed by atoms with Crippen molar-refractivity contribution in [3.63, 3.8) is 0 Å². The van der Waals surface area contributed by atoms with Crippen LogP contribution in [-0.2, 0) is 10.3 Å². The first-order valence-corrected chi connectivity index (χ1v) is 8.67. The molecule has 2 aliphatic heterocycles. The monoisotopic (exact) mass is 366 g/mol. The predicted octanol–water partition coefficient (Wildman–Crippen LogP) is 2.46. The van der Waals surface area contributed by atoms with Crippen molar-refractivity contribution in [2.75, 3.05) is 13.3 Å². The fraction of sp³-hybridized carbons (Fsp3) is 0.250. The van der Waals surface area contributed by atoms with Crippen LogP contribution in [0.4, 0.5) is 4.79 Å². The molecule has 2 aromatic carbocycles. The number of carbonyl (C=O) groups is 3. The molecule has 1 saturated heterocycles. The topological polar surface area (TPSA) is 84.9 Å². The lowest BCUT2D eigenvalue weighted by atomic mass is 9.87. The Kier molecular flexibility index (Phi) is 4.07. The summed E-state index contributed by atoms with van der Waals surface area (Å²) in [6.45, 7) is 1.60. The Morgan fingerprint density at radius 3 is 2.59 bits per heavy atom. The number of ketones is 1. The van der Waals surface area contributed by atoms with E-state index in [0.717, 1.165) is 4.90 Å². The SMILES string of the molecule is CCC1(c2ccccc2)NC(=O)N(CC(=O)c2ccc3c(c2)OCO3)C1=O. The maximum Gasteiger partial charge on any atom is 0.325 e. The highest BCUT2D eigenvalue weighted by molar-refractivity contribution is 6.11. The minimum Gasteiger partial charge on any atom is -0.454 e. The van der Waals surface area contributed by atoms with Crippen molar-refractivity contribution in [2.24, 2.45) is 0 Å². The van der Waals surface area contributed by atoms with Crippen molar-refractivity contribution in [1.29, 1.82) is 0 Å². The molecule has 7 heteroatoms. The summed E-state index contributed by atoms with van der Waals surface area (Å²) in [7, 11) is 0. The van der Waals surface area contributed by atoms with Gasteiger partial charge in [0.2, 0.25) is 6.79 Å². The molecule has 0 spiro atoms. The van der Waals surface area contributed by atoms with Crippen LogP contribution in [0.2, 0.25) is 0 Å². The highest BCUT2D eigenvalue weighted by Crippen LogP contribution is 2.34. The largest absolute Gasteiger partial charge is 0.454 e. The van der Waals surface area contributed by atoms with Crippen LogP contribution in [0.25, 0.3) is 0 Å². The van der Waals surface area contributed by atoms with Crippen molar-refractivity contribution < 1.29 is 23.9 Å². The molecule has 3 amide bonds. The first kappa shape index (κ1) is 17.1. The van der Waals surface area contributed by atoms with E-state index in [2.05, 4.69) is 5.32 Å². The van der Waals surface area contributed by atoms with Gasteiger partial charge in [-0.2, -0.15) is 0 Å². The van der Waals surface area contributed by atoms with Gasteiger partial charge in [0.1, 0.15) is 5.54 Å². The molecule has 0 saturated carbocycles. The van der Waals surface area contributed by atoms with Crippen molar-refractivity contribution in [3.05, 3.63) is 59.7 Å². The summed E-state index contributed by atoms with van der Waals surface area (Å²) in [5, 5.41) is 2.77. The second-order valence-electron chi connectivity index (χ2n) is 6.44. The number of hydrogen-bond acceptors (Lipinski definition) is 5. The molecule has 0 bridgehead atoms. The summed E-state index contributed by atoms with van der Waals surface area (Å²) in [4.78, 5) is 39.2. The van der Waals surface area contributed by atoms with Crippen LogP contribution in [0, 0.1) is 0 Å². The highest BCUT2D eigenvalue weighted by Gasteiger charge is 2.51. The number of nitrogens with one attached hydrogen (secondary N) is 1. The molecular weight excluding hydrogens is 348 g/mol. The molecule has 0 aliphatic carbocycles. The lowest BCUT2D eigenvalue weighted by Gasteiger charge is -2.25. The minimum atomic E-state index is -1.15. The molecule has 2 aliphatic rings. The van der Waals surface area contributed by atoms with Gasteiger partial charge in [-0.3, -0.25) is 14.5 Å². The van der Waals surface area contributed by atoms with E-state index in [9.17, 15) is 14.4 Å². The number of urea groups is 1. The number of fused-ring (bicyclic) bond motifs is 1.